The molecule has 0 bridgehead atoms. The molecule has 0 aromatic carbocycles. The van der Waals surface area contributed by atoms with Crippen LogP contribution < -0.4 is 0 Å². The van der Waals surface area contributed by atoms with Gasteiger partial charge >= 0.3 is 19.8 Å². The van der Waals surface area contributed by atoms with Gasteiger partial charge in [0.2, 0.25) is 0 Å². The molecule has 0 amide bonds. The van der Waals surface area contributed by atoms with E-state index in [9.17, 15) is 44.6 Å². The number of phosphoric acid groups is 1. The average molecular weight is 853 g/mol. The molecule has 1 aliphatic carbocycles. The quantitative estimate of drug-likeness (QED) is 0.0194. The number of phosphoric ester groups is 1. The van der Waals surface area contributed by atoms with Crippen LogP contribution in [0.15, 0.2) is 0 Å². The molecule has 344 valence electrons. The predicted octanol–water partition coefficient (Wildman–Crippen LogP) is 8.89. The van der Waals surface area contributed by atoms with Crippen LogP contribution in [0, 0.1) is 0 Å². The number of aliphatic hydroxyl groups is 5. The number of hydrogen-bond donors (Lipinski definition) is 6. The summed E-state index contributed by atoms with van der Waals surface area (Å²) >= 11 is 0. The highest BCUT2D eigenvalue weighted by atomic mass is 31.2. The maximum atomic E-state index is 12.8. The Labute approximate surface area is 351 Å². The van der Waals surface area contributed by atoms with E-state index in [1.54, 1.807) is 0 Å². The summed E-state index contributed by atoms with van der Waals surface area (Å²) in [5, 5.41) is 50.1. The maximum Gasteiger partial charge on any atom is 0.472 e. The summed E-state index contributed by atoms with van der Waals surface area (Å²) in [6, 6.07) is 0. The first kappa shape index (κ1) is 54.9. The number of rotatable bonds is 39. The van der Waals surface area contributed by atoms with Crippen LogP contribution in [0.2, 0.25) is 0 Å². The van der Waals surface area contributed by atoms with Crippen LogP contribution in [0.5, 0.6) is 0 Å². The van der Waals surface area contributed by atoms with Crippen molar-refractivity contribution in [2.24, 2.45) is 0 Å². The van der Waals surface area contributed by atoms with Gasteiger partial charge in [-0.2, -0.15) is 0 Å². The summed E-state index contributed by atoms with van der Waals surface area (Å²) < 4.78 is 33.5. The predicted molar refractivity (Wildman–Crippen MR) is 226 cm³/mol. The Hall–Kier alpha value is -1.15. The van der Waals surface area contributed by atoms with Gasteiger partial charge in [0, 0.05) is 12.8 Å². The van der Waals surface area contributed by atoms with E-state index in [2.05, 4.69) is 13.8 Å². The molecule has 1 aliphatic rings. The molecule has 13 nitrogen and oxygen atoms in total. The van der Waals surface area contributed by atoms with Crippen LogP contribution in [0.1, 0.15) is 213 Å². The minimum absolute atomic E-state index is 0.105. The Morgan fingerprint density at radius 3 is 1.14 bits per heavy atom. The van der Waals surface area contributed by atoms with Gasteiger partial charge in [-0.1, -0.05) is 187 Å². The zero-order chi connectivity index (χ0) is 42.9. The van der Waals surface area contributed by atoms with E-state index in [1.807, 2.05) is 0 Å². The van der Waals surface area contributed by atoms with Gasteiger partial charge in [-0.3, -0.25) is 18.6 Å². The van der Waals surface area contributed by atoms with Crippen molar-refractivity contribution >= 4 is 19.8 Å². The lowest BCUT2D eigenvalue weighted by Gasteiger charge is -2.41. The summed E-state index contributed by atoms with van der Waals surface area (Å²) in [5.74, 6) is -1.08. The van der Waals surface area contributed by atoms with Crippen LogP contribution in [0.4, 0.5) is 0 Å². The molecule has 0 aliphatic heterocycles. The highest BCUT2D eigenvalue weighted by Gasteiger charge is 2.51. The average Bonchev–Trinajstić information content (AvgIpc) is 3.20. The summed E-state index contributed by atoms with van der Waals surface area (Å²) in [6.45, 7) is 3.32. The van der Waals surface area contributed by atoms with Crippen LogP contribution >= 0.6 is 7.82 Å². The largest absolute Gasteiger partial charge is 0.472 e. The Morgan fingerprint density at radius 1 is 0.466 bits per heavy atom. The smallest absolute Gasteiger partial charge is 0.462 e. The number of ether oxygens (including phenoxy) is 2. The first-order valence-electron chi connectivity index (χ1n) is 23.3. The third-order valence-electron chi connectivity index (χ3n) is 11.2. The number of unbranched alkanes of at least 4 members (excludes halogenated alkanes) is 27. The molecule has 1 rings (SSSR count). The van der Waals surface area contributed by atoms with Crippen molar-refractivity contribution in [1.82, 2.24) is 0 Å². The molecule has 8 atom stereocenters. The second-order valence-corrected chi connectivity index (χ2v) is 18.0. The zero-order valence-electron chi connectivity index (χ0n) is 36.4. The van der Waals surface area contributed by atoms with Gasteiger partial charge in [-0.05, 0) is 12.8 Å². The van der Waals surface area contributed by atoms with Crippen LogP contribution in [-0.4, -0.2) is 98.3 Å². The number of carbonyl (C=O) groups excluding carboxylic acids is 2. The first-order valence-corrected chi connectivity index (χ1v) is 24.8. The van der Waals surface area contributed by atoms with Crippen molar-refractivity contribution in [2.45, 2.75) is 256 Å². The van der Waals surface area contributed by atoms with E-state index in [1.165, 1.54) is 135 Å². The van der Waals surface area contributed by atoms with E-state index in [4.69, 9.17) is 18.5 Å². The molecule has 6 N–H and O–H groups in total. The van der Waals surface area contributed by atoms with Crippen molar-refractivity contribution < 1.29 is 63.1 Å². The van der Waals surface area contributed by atoms with Crippen LogP contribution in [-0.2, 0) is 32.7 Å². The second kappa shape index (κ2) is 35.4. The summed E-state index contributed by atoms with van der Waals surface area (Å²) in [7, 11) is -5.11. The lowest BCUT2D eigenvalue weighted by Crippen LogP contribution is -2.64. The summed E-state index contributed by atoms with van der Waals surface area (Å²) in [6.07, 6.45) is 21.5. The topological polar surface area (TPSA) is 210 Å². The van der Waals surface area contributed by atoms with Gasteiger partial charge in [0.15, 0.2) is 6.10 Å². The number of aliphatic hydroxyl groups excluding tert-OH is 5. The fourth-order valence-electron chi connectivity index (χ4n) is 7.41. The first-order chi connectivity index (χ1) is 27.9. The molecule has 58 heavy (non-hydrogen) atoms. The van der Waals surface area contributed by atoms with E-state index in [0.29, 0.717) is 12.8 Å². The SMILES string of the molecule is CCCCCCCCCCCCCCCCCC(=O)OC[C@@H](COP(=O)(O)OC1C(O)C(O)C(O)[C@H](O)C1O)OC(=O)CCCCCCCCCCCCCCCC. The number of carbonyl (C=O) groups is 2. The molecule has 1 saturated carbocycles. The molecule has 0 saturated heterocycles. The molecular formula is C44H85O13P. The molecule has 6 unspecified atom stereocenters. The van der Waals surface area contributed by atoms with Crippen LogP contribution in [0.25, 0.3) is 0 Å². The second-order valence-electron chi connectivity index (χ2n) is 16.6. The summed E-state index contributed by atoms with van der Waals surface area (Å²) in [5.41, 5.74) is 0. The molecular weight excluding hydrogens is 767 g/mol. The number of hydrogen-bond acceptors (Lipinski definition) is 12. The third kappa shape index (κ3) is 27.6. The van der Waals surface area contributed by atoms with E-state index >= 15 is 0 Å². The van der Waals surface area contributed by atoms with Gasteiger partial charge in [0.1, 0.15) is 43.2 Å². The van der Waals surface area contributed by atoms with E-state index < -0.39 is 75.7 Å². The van der Waals surface area contributed by atoms with Gasteiger partial charge in [0.25, 0.3) is 0 Å². The molecule has 0 aromatic heterocycles. The third-order valence-corrected chi connectivity index (χ3v) is 12.2. The monoisotopic (exact) mass is 853 g/mol. The van der Waals surface area contributed by atoms with Gasteiger partial charge in [0.05, 0.1) is 6.61 Å². The highest BCUT2D eigenvalue weighted by Crippen LogP contribution is 2.47. The zero-order valence-corrected chi connectivity index (χ0v) is 37.3. The Kier molecular flexibility index (Phi) is 33.5. The summed E-state index contributed by atoms with van der Waals surface area (Å²) in [4.78, 5) is 35.7. The van der Waals surface area contributed by atoms with E-state index in [-0.39, 0.29) is 12.8 Å². The lowest BCUT2D eigenvalue weighted by molar-refractivity contribution is -0.220. The number of esters is 2. The molecule has 14 heteroatoms. The Morgan fingerprint density at radius 2 is 0.776 bits per heavy atom. The molecule has 0 radical (unpaired) electrons. The molecule has 0 heterocycles. The molecule has 0 aromatic rings. The van der Waals surface area contributed by atoms with Crippen LogP contribution in [0.3, 0.4) is 0 Å². The lowest BCUT2D eigenvalue weighted by atomic mass is 9.85. The van der Waals surface area contributed by atoms with Crippen molar-refractivity contribution in [3.8, 4) is 0 Å². The molecule has 0 spiro atoms. The Bertz CT molecular complexity index is 1030. The van der Waals surface area contributed by atoms with Crippen molar-refractivity contribution in [1.29, 1.82) is 0 Å². The maximum absolute atomic E-state index is 12.8. The highest BCUT2D eigenvalue weighted by molar-refractivity contribution is 7.47. The van der Waals surface area contributed by atoms with Crippen molar-refractivity contribution in [3.63, 3.8) is 0 Å². The standard InChI is InChI=1S/C44H85O13P/c1-3-5-7-9-11-13-15-17-19-21-22-24-26-28-30-32-37(45)54-34-36(35-55-58(52,53)57-44-42(50)40(48)39(47)41(49)43(44)51)56-38(46)33-31-29-27-25-23-20-18-16-14-12-10-8-6-4-2/h36,39-44,47-51H,3-35H2,1-2H3,(H,52,53)/t36-,39?,40-,41?,42?,43?,44?/m0/s1. The van der Waals surface area contributed by atoms with Gasteiger partial charge in [-0.15, -0.1) is 0 Å². The minimum atomic E-state index is -5.11. The van der Waals surface area contributed by atoms with Gasteiger partial charge < -0.3 is 39.9 Å². The fraction of sp³-hybridized carbons (Fsp3) is 0.955. The van der Waals surface area contributed by atoms with Crippen molar-refractivity contribution in [3.05, 3.63) is 0 Å². The van der Waals surface area contributed by atoms with Crippen molar-refractivity contribution in [2.75, 3.05) is 13.2 Å². The fourth-order valence-corrected chi connectivity index (χ4v) is 8.38. The van der Waals surface area contributed by atoms with E-state index in [0.717, 1.165) is 38.5 Å². The molecule has 1 fully saturated rings. The normalized spacial score (nSPS) is 22.4. The minimum Gasteiger partial charge on any atom is -0.462 e. The van der Waals surface area contributed by atoms with Gasteiger partial charge in [-0.25, -0.2) is 4.57 Å². The Balaban J connectivity index is 2.44.